The summed E-state index contributed by atoms with van der Waals surface area (Å²) in [5.74, 6) is 0. The van der Waals surface area contributed by atoms with E-state index in [0.717, 1.165) is 30.3 Å². The van der Waals surface area contributed by atoms with Gasteiger partial charge in [-0.25, -0.2) is 9.78 Å². The van der Waals surface area contributed by atoms with Crippen LogP contribution in [0.5, 0.6) is 0 Å². The minimum atomic E-state index is -0.00809. The number of hydrogen-bond acceptors (Lipinski definition) is 5. The van der Waals surface area contributed by atoms with Gasteiger partial charge in [0.15, 0.2) is 5.13 Å². The molecule has 0 unspecified atom stereocenters. The quantitative estimate of drug-likeness (QED) is 0.736. The summed E-state index contributed by atoms with van der Waals surface area (Å²) in [4.78, 5) is 20.9. The first-order chi connectivity index (χ1) is 13.3. The van der Waals surface area contributed by atoms with E-state index in [0.29, 0.717) is 19.6 Å². The predicted octanol–water partition coefficient (Wildman–Crippen LogP) is 2.42. The van der Waals surface area contributed by atoms with Crippen molar-refractivity contribution in [2.24, 2.45) is 0 Å². The molecule has 1 saturated heterocycles. The van der Waals surface area contributed by atoms with E-state index >= 15 is 0 Å². The summed E-state index contributed by atoms with van der Waals surface area (Å²) >= 11 is 1.64. The average molecular weight is 382 g/mol. The van der Waals surface area contributed by atoms with E-state index < -0.39 is 0 Å². The molecule has 1 N–H and O–H groups in total. The SMILES string of the molecule is O=C(NCc1cccc(Cn2cccn2)c1)N1CCN(c2nccs2)CC1. The molecule has 7 nitrogen and oxygen atoms in total. The van der Waals surface area contributed by atoms with Crippen molar-refractivity contribution < 1.29 is 4.79 Å². The number of nitrogens with zero attached hydrogens (tertiary/aromatic N) is 5. The lowest BCUT2D eigenvalue weighted by atomic mass is 10.1. The number of amides is 2. The molecule has 3 heterocycles. The van der Waals surface area contributed by atoms with E-state index in [4.69, 9.17) is 0 Å². The molecule has 4 rings (SSSR count). The number of rotatable bonds is 5. The Hall–Kier alpha value is -2.87. The second kappa shape index (κ2) is 8.22. The van der Waals surface area contributed by atoms with Crippen LogP contribution in [0.1, 0.15) is 11.1 Å². The molecule has 3 aromatic rings. The van der Waals surface area contributed by atoms with Crippen LogP contribution < -0.4 is 10.2 Å². The van der Waals surface area contributed by atoms with Gasteiger partial charge in [0.1, 0.15) is 0 Å². The van der Waals surface area contributed by atoms with Gasteiger partial charge in [0.05, 0.1) is 6.54 Å². The third-order valence-electron chi connectivity index (χ3n) is 4.60. The lowest BCUT2D eigenvalue weighted by Gasteiger charge is -2.34. The summed E-state index contributed by atoms with van der Waals surface area (Å²) in [6.07, 6.45) is 5.54. The van der Waals surface area contributed by atoms with Crippen molar-refractivity contribution in [3.05, 3.63) is 65.4 Å². The first kappa shape index (κ1) is 17.5. The van der Waals surface area contributed by atoms with Crippen molar-refractivity contribution in [1.29, 1.82) is 0 Å². The van der Waals surface area contributed by atoms with Gasteiger partial charge in [-0.15, -0.1) is 11.3 Å². The van der Waals surface area contributed by atoms with Gasteiger partial charge in [0.2, 0.25) is 0 Å². The number of anilines is 1. The molecule has 0 atom stereocenters. The Balaban J connectivity index is 1.27. The fourth-order valence-electron chi connectivity index (χ4n) is 3.18. The standard InChI is InChI=1S/C19H22N6OS/c26-18(23-8-10-24(11-9-23)19-20-6-12-27-19)21-14-16-3-1-4-17(13-16)15-25-7-2-5-22-25/h1-7,12-13H,8-11,14-15H2,(H,21,26). The summed E-state index contributed by atoms with van der Waals surface area (Å²) < 4.78 is 1.89. The van der Waals surface area contributed by atoms with Crippen LogP contribution in [-0.2, 0) is 13.1 Å². The van der Waals surface area contributed by atoms with E-state index in [9.17, 15) is 4.79 Å². The molecule has 1 aliphatic rings. The summed E-state index contributed by atoms with van der Waals surface area (Å²) in [5.41, 5.74) is 2.26. The monoisotopic (exact) mass is 382 g/mol. The highest BCUT2D eigenvalue weighted by molar-refractivity contribution is 7.13. The van der Waals surface area contributed by atoms with Crippen molar-refractivity contribution in [3.8, 4) is 0 Å². The number of benzene rings is 1. The van der Waals surface area contributed by atoms with Gasteiger partial charge in [-0.05, 0) is 17.2 Å². The Morgan fingerprint density at radius 2 is 1.96 bits per heavy atom. The van der Waals surface area contributed by atoms with E-state index in [2.05, 4.69) is 32.4 Å². The molecule has 2 aromatic heterocycles. The van der Waals surface area contributed by atoms with E-state index in [1.165, 1.54) is 5.56 Å². The normalized spacial score (nSPS) is 14.4. The van der Waals surface area contributed by atoms with Crippen LogP contribution in [0.15, 0.2) is 54.3 Å². The first-order valence-electron chi connectivity index (χ1n) is 9.00. The smallest absolute Gasteiger partial charge is 0.317 e. The van der Waals surface area contributed by atoms with Crippen molar-refractivity contribution in [2.45, 2.75) is 13.1 Å². The second-order valence-electron chi connectivity index (χ2n) is 6.47. The van der Waals surface area contributed by atoms with Crippen molar-refractivity contribution >= 4 is 22.5 Å². The molecule has 0 aliphatic carbocycles. The minimum Gasteiger partial charge on any atom is -0.345 e. The molecule has 1 aliphatic heterocycles. The maximum Gasteiger partial charge on any atom is 0.317 e. The maximum atomic E-state index is 12.5. The van der Waals surface area contributed by atoms with Crippen LogP contribution in [-0.4, -0.2) is 51.9 Å². The highest BCUT2D eigenvalue weighted by atomic mass is 32.1. The number of nitrogens with one attached hydrogen (secondary N) is 1. The van der Waals surface area contributed by atoms with Gasteiger partial charge in [-0.1, -0.05) is 24.3 Å². The third-order valence-corrected chi connectivity index (χ3v) is 5.43. The largest absolute Gasteiger partial charge is 0.345 e. The summed E-state index contributed by atoms with van der Waals surface area (Å²) in [6, 6.07) is 10.2. The molecule has 0 saturated carbocycles. The topological polar surface area (TPSA) is 66.3 Å². The van der Waals surface area contributed by atoms with Gasteiger partial charge >= 0.3 is 6.03 Å². The lowest BCUT2D eigenvalue weighted by Crippen LogP contribution is -2.51. The Kier molecular flexibility index (Phi) is 5.34. The van der Waals surface area contributed by atoms with Crippen LogP contribution in [0.4, 0.5) is 9.93 Å². The van der Waals surface area contributed by atoms with Crippen molar-refractivity contribution in [2.75, 3.05) is 31.1 Å². The predicted molar refractivity (Wildman–Crippen MR) is 106 cm³/mol. The fourth-order valence-corrected chi connectivity index (χ4v) is 3.88. The Morgan fingerprint density at radius 1 is 1.11 bits per heavy atom. The number of urea groups is 1. The number of aromatic nitrogens is 3. The second-order valence-corrected chi connectivity index (χ2v) is 7.34. The molecule has 140 valence electrons. The Bertz CT molecular complexity index is 856. The summed E-state index contributed by atoms with van der Waals surface area (Å²) in [6.45, 7) is 4.32. The summed E-state index contributed by atoms with van der Waals surface area (Å²) in [5, 5.41) is 10.3. The van der Waals surface area contributed by atoms with Gasteiger partial charge in [-0.2, -0.15) is 5.10 Å². The Morgan fingerprint density at radius 3 is 2.70 bits per heavy atom. The molecule has 0 bridgehead atoms. The van der Waals surface area contributed by atoms with Crippen LogP contribution in [0.3, 0.4) is 0 Å². The highest BCUT2D eigenvalue weighted by Gasteiger charge is 2.22. The van der Waals surface area contributed by atoms with E-state index in [1.807, 2.05) is 45.6 Å². The number of piperazine rings is 1. The van der Waals surface area contributed by atoms with Gasteiger partial charge in [0.25, 0.3) is 0 Å². The maximum absolute atomic E-state index is 12.5. The molecule has 0 radical (unpaired) electrons. The zero-order valence-electron chi connectivity index (χ0n) is 15.0. The molecule has 1 fully saturated rings. The molecule has 2 amide bonds. The molecule has 8 heteroatoms. The number of carbonyl (C=O) groups excluding carboxylic acids is 1. The summed E-state index contributed by atoms with van der Waals surface area (Å²) in [7, 11) is 0. The molecule has 27 heavy (non-hydrogen) atoms. The first-order valence-corrected chi connectivity index (χ1v) is 9.88. The zero-order chi connectivity index (χ0) is 18.5. The van der Waals surface area contributed by atoms with Crippen LogP contribution in [0.2, 0.25) is 0 Å². The Labute approximate surface area is 162 Å². The number of hydrogen-bond donors (Lipinski definition) is 1. The molecule has 1 aromatic carbocycles. The van der Waals surface area contributed by atoms with Crippen LogP contribution in [0, 0.1) is 0 Å². The minimum absolute atomic E-state index is 0.00809. The van der Waals surface area contributed by atoms with E-state index in [-0.39, 0.29) is 6.03 Å². The van der Waals surface area contributed by atoms with Gasteiger partial charge in [-0.3, -0.25) is 4.68 Å². The fraction of sp³-hybridized carbons (Fsp3) is 0.316. The molecule has 0 spiro atoms. The van der Waals surface area contributed by atoms with E-state index in [1.54, 1.807) is 17.5 Å². The van der Waals surface area contributed by atoms with Gasteiger partial charge in [0, 0.05) is 56.7 Å². The van der Waals surface area contributed by atoms with Gasteiger partial charge < -0.3 is 15.1 Å². The van der Waals surface area contributed by atoms with Crippen molar-refractivity contribution in [3.63, 3.8) is 0 Å². The zero-order valence-corrected chi connectivity index (χ0v) is 15.8. The average Bonchev–Trinajstić information content (AvgIpc) is 3.41. The lowest BCUT2D eigenvalue weighted by molar-refractivity contribution is 0.194. The third kappa shape index (κ3) is 4.46. The number of thiazole rings is 1. The van der Waals surface area contributed by atoms with Crippen LogP contribution in [0.25, 0.3) is 0 Å². The molecular formula is C19H22N6OS. The highest BCUT2D eigenvalue weighted by Crippen LogP contribution is 2.18. The molecular weight excluding hydrogens is 360 g/mol. The number of carbonyl (C=O) groups is 1. The van der Waals surface area contributed by atoms with Crippen molar-refractivity contribution in [1.82, 2.24) is 25.0 Å². The van der Waals surface area contributed by atoms with Crippen LogP contribution >= 0.6 is 11.3 Å².